The number of nitrogens with zero attached hydrogens (tertiary/aromatic N) is 3. The molecule has 2 unspecified atom stereocenters. The zero-order chi connectivity index (χ0) is 24.5. The van der Waals surface area contributed by atoms with Crippen molar-refractivity contribution in [3.63, 3.8) is 0 Å². The van der Waals surface area contributed by atoms with Gasteiger partial charge in [0.25, 0.3) is 0 Å². The van der Waals surface area contributed by atoms with Crippen LogP contribution in [-0.2, 0) is 16.0 Å². The van der Waals surface area contributed by atoms with Gasteiger partial charge in [0, 0.05) is 28.6 Å². The lowest BCUT2D eigenvalue weighted by Gasteiger charge is -2.30. The molecule has 2 aromatic carbocycles. The Hall–Kier alpha value is -3.30. The molecule has 35 heavy (non-hydrogen) atoms. The molecule has 3 aromatic rings. The molecule has 5 rings (SSSR count). The summed E-state index contributed by atoms with van der Waals surface area (Å²) in [6, 6.07) is 11.1. The van der Waals surface area contributed by atoms with E-state index in [1.54, 1.807) is 10.9 Å². The van der Waals surface area contributed by atoms with Crippen LogP contribution < -0.4 is 10.6 Å². The number of rotatable bonds is 5. The Morgan fingerprint density at radius 1 is 1.20 bits per heavy atom. The Morgan fingerprint density at radius 3 is 2.74 bits per heavy atom. The van der Waals surface area contributed by atoms with E-state index in [0.717, 1.165) is 17.3 Å². The topological polar surface area (TPSA) is 109 Å². The number of nitrogens with one attached hydrogen (secondary N) is 2. The van der Waals surface area contributed by atoms with Gasteiger partial charge in [0.05, 0.1) is 12.2 Å². The van der Waals surface area contributed by atoms with Crippen LogP contribution in [0.2, 0.25) is 5.02 Å². The second kappa shape index (κ2) is 9.75. The minimum absolute atomic E-state index is 0.0208. The minimum Gasteiger partial charge on any atom is -0.382 e. The summed E-state index contributed by atoms with van der Waals surface area (Å²) >= 11 is 5.79. The van der Waals surface area contributed by atoms with Crippen LogP contribution in [0.5, 0.6) is 0 Å². The highest BCUT2D eigenvalue weighted by Crippen LogP contribution is 2.33. The quantitative estimate of drug-likeness (QED) is 0.499. The number of benzene rings is 2. The van der Waals surface area contributed by atoms with Crippen LogP contribution in [-0.4, -0.2) is 38.0 Å². The second-order valence-corrected chi connectivity index (χ2v) is 9.55. The molecule has 0 spiro atoms. The smallest absolute Gasteiger partial charge is 0.247 e. The maximum absolute atomic E-state index is 14.2. The summed E-state index contributed by atoms with van der Waals surface area (Å²) in [5.74, 6) is -1.11. The fourth-order valence-electron chi connectivity index (χ4n) is 4.84. The van der Waals surface area contributed by atoms with E-state index < -0.39 is 18.0 Å². The molecule has 3 N–H and O–H groups in total. The molecule has 0 radical (unpaired) electrons. The SMILES string of the molecule is O=C(NC1Cc2ccccc2NC1=O)C1CCC(n2cc(C(O)c3ccc(Cl)cc3F)nn2)CC1. The fraction of sp³-hybridized carbons (Fsp3) is 0.360. The molecular weight excluding hydrogens is 473 g/mol. The highest BCUT2D eigenvalue weighted by Gasteiger charge is 2.32. The molecule has 1 aromatic heterocycles. The number of fused-ring (bicyclic) bond motifs is 1. The number of aromatic nitrogens is 3. The van der Waals surface area contributed by atoms with Gasteiger partial charge in [0.2, 0.25) is 11.8 Å². The number of hydrogen-bond acceptors (Lipinski definition) is 5. The summed E-state index contributed by atoms with van der Waals surface area (Å²) < 4.78 is 15.8. The standard InChI is InChI=1S/C25H25ClFN5O3/c26-16-7-10-18(19(27)12-16)23(33)22-13-32(31-30-22)17-8-5-14(6-9-17)24(34)29-21-11-15-3-1-2-4-20(15)28-25(21)35/h1-4,7,10,12-14,17,21,23,33H,5-6,8-9,11H2,(H,28,35)(H,29,34). The fourth-order valence-corrected chi connectivity index (χ4v) is 5.00. The lowest BCUT2D eigenvalue weighted by Crippen LogP contribution is -2.49. The van der Waals surface area contributed by atoms with Crippen LogP contribution in [0.25, 0.3) is 0 Å². The number of amides is 2. The third-order valence-electron chi connectivity index (χ3n) is 6.84. The van der Waals surface area contributed by atoms with Gasteiger partial charge in [-0.15, -0.1) is 5.10 Å². The molecule has 2 atom stereocenters. The van der Waals surface area contributed by atoms with Gasteiger partial charge in [-0.1, -0.05) is 41.1 Å². The average molecular weight is 498 g/mol. The van der Waals surface area contributed by atoms with Gasteiger partial charge in [-0.3, -0.25) is 9.59 Å². The van der Waals surface area contributed by atoms with Gasteiger partial charge in [-0.05, 0) is 49.4 Å². The Bertz CT molecular complexity index is 1260. The molecule has 2 heterocycles. The number of aliphatic hydroxyl groups excluding tert-OH is 1. The zero-order valence-electron chi connectivity index (χ0n) is 18.8. The molecule has 2 amide bonds. The monoisotopic (exact) mass is 497 g/mol. The third-order valence-corrected chi connectivity index (χ3v) is 7.07. The van der Waals surface area contributed by atoms with E-state index in [-0.39, 0.29) is 40.1 Å². The number of carbonyl (C=O) groups excluding carboxylic acids is 2. The Balaban J connectivity index is 1.17. The van der Waals surface area contributed by atoms with Crippen molar-refractivity contribution in [2.24, 2.45) is 5.92 Å². The van der Waals surface area contributed by atoms with Gasteiger partial charge in [-0.2, -0.15) is 0 Å². The van der Waals surface area contributed by atoms with Gasteiger partial charge < -0.3 is 15.7 Å². The van der Waals surface area contributed by atoms with E-state index >= 15 is 0 Å². The number of aliphatic hydroxyl groups is 1. The lowest BCUT2D eigenvalue weighted by molar-refractivity contribution is -0.130. The first-order valence-electron chi connectivity index (χ1n) is 11.6. The van der Waals surface area contributed by atoms with Crippen molar-refractivity contribution in [2.45, 2.75) is 50.3 Å². The highest BCUT2D eigenvalue weighted by atomic mass is 35.5. The maximum atomic E-state index is 14.2. The summed E-state index contributed by atoms with van der Waals surface area (Å²) in [4.78, 5) is 25.3. The predicted octanol–water partition coefficient (Wildman–Crippen LogP) is 3.56. The average Bonchev–Trinajstić information content (AvgIpc) is 3.35. The second-order valence-electron chi connectivity index (χ2n) is 9.11. The van der Waals surface area contributed by atoms with Crippen molar-refractivity contribution >= 4 is 29.1 Å². The van der Waals surface area contributed by atoms with Gasteiger partial charge in [-0.25, -0.2) is 9.07 Å². The van der Waals surface area contributed by atoms with E-state index in [0.29, 0.717) is 32.1 Å². The van der Waals surface area contributed by atoms with Crippen LogP contribution in [0.3, 0.4) is 0 Å². The van der Waals surface area contributed by atoms with E-state index in [1.165, 1.54) is 12.1 Å². The van der Waals surface area contributed by atoms with E-state index in [2.05, 4.69) is 20.9 Å². The van der Waals surface area contributed by atoms with Crippen molar-refractivity contribution in [1.82, 2.24) is 20.3 Å². The number of hydrogen-bond donors (Lipinski definition) is 3. The molecular formula is C25H25ClFN5O3. The number of anilines is 1. The van der Waals surface area contributed by atoms with Crippen LogP contribution in [0.4, 0.5) is 10.1 Å². The Morgan fingerprint density at radius 2 is 1.97 bits per heavy atom. The molecule has 1 aliphatic heterocycles. The largest absolute Gasteiger partial charge is 0.382 e. The number of halogens is 2. The molecule has 182 valence electrons. The summed E-state index contributed by atoms with van der Waals surface area (Å²) in [6.07, 6.45) is 3.53. The van der Waals surface area contributed by atoms with Gasteiger partial charge in [0.15, 0.2) is 0 Å². The summed E-state index contributed by atoms with van der Waals surface area (Å²) in [5, 5.41) is 24.7. The molecule has 1 saturated carbocycles. The highest BCUT2D eigenvalue weighted by molar-refractivity contribution is 6.30. The van der Waals surface area contributed by atoms with E-state index in [9.17, 15) is 19.1 Å². The molecule has 0 bridgehead atoms. The Kier molecular flexibility index (Phi) is 6.53. The Labute approximate surface area is 206 Å². The first-order valence-corrected chi connectivity index (χ1v) is 12.0. The third kappa shape index (κ3) is 4.92. The van der Waals surface area contributed by atoms with Crippen molar-refractivity contribution in [1.29, 1.82) is 0 Å². The van der Waals surface area contributed by atoms with E-state index in [1.807, 2.05) is 24.3 Å². The molecule has 8 nitrogen and oxygen atoms in total. The summed E-state index contributed by atoms with van der Waals surface area (Å²) in [7, 11) is 0. The maximum Gasteiger partial charge on any atom is 0.247 e. The van der Waals surface area contributed by atoms with E-state index in [4.69, 9.17) is 11.6 Å². The number of carbonyl (C=O) groups is 2. The molecule has 1 fully saturated rings. The molecule has 0 saturated heterocycles. The van der Waals surface area contributed by atoms with Crippen LogP contribution >= 0.6 is 11.6 Å². The van der Waals surface area contributed by atoms with Crippen LogP contribution in [0, 0.1) is 11.7 Å². The van der Waals surface area contributed by atoms with Crippen molar-refractivity contribution < 1.29 is 19.1 Å². The van der Waals surface area contributed by atoms with Crippen molar-refractivity contribution in [2.75, 3.05) is 5.32 Å². The normalized spacial score (nSPS) is 22.7. The van der Waals surface area contributed by atoms with Gasteiger partial charge in [0.1, 0.15) is 23.7 Å². The van der Waals surface area contributed by atoms with Crippen LogP contribution in [0.15, 0.2) is 48.7 Å². The van der Waals surface area contributed by atoms with Gasteiger partial charge >= 0.3 is 0 Å². The molecule has 2 aliphatic rings. The summed E-state index contributed by atoms with van der Waals surface area (Å²) in [5.41, 5.74) is 2.12. The zero-order valence-corrected chi connectivity index (χ0v) is 19.6. The summed E-state index contributed by atoms with van der Waals surface area (Å²) in [6.45, 7) is 0. The van der Waals surface area contributed by atoms with Crippen molar-refractivity contribution in [3.05, 3.63) is 76.3 Å². The number of para-hydroxylation sites is 1. The first kappa shape index (κ1) is 23.4. The first-order chi connectivity index (χ1) is 16.9. The van der Waals surface area contributed by atoms with Crippen LogP contribution in [0.1, 0.15) is 54.6 Å². The molecule has 10 heteroatoms. The lowest BCUT2D eigenvalue weighted by atomic mass is 9.85. The minimum atomic E-state index is -1.25. The predicted molar refractivity (Wildman–Crippen MR) is 127 cm³/mol. The van der Waals surface area contributed by atoms with Crippen molar-refractivity contribution in [3.8, 4) is 0 Å². The molecule has 1 aliphatic carbocycles.